The van der Waals surface area contributed by atoms with Crippen LogP contribution in [0.1, 0.15) is 24.8 Å². The van der Waals surface area contributed by atoms with Gasteiger partial charge >= 0.3 is 0 Å². The molecule has 1 atom stereocenters. The van der Waals surface area contributed by atoms with Crippen molar-refractivity contribution in [3.63, 3.8) is 0 Å². The molecule has 1 N–H and O–H groups in total. The van der Waals surface area contributed by atoms with Gasteiger partial charge in [0, 0.05) is 36.5 Å². The lowest BCUT2D eigenvalue weighted by atomic mass is 10.0. The molecule has 2 fully saturated rings. The molecule has 0 radical (unpaired) electrons. The van der Waals surface area contributed by atoms with Gasteiger partial charge in [-0.1, -0.05) is 42.5 Å². The lowest BCUT2D eigenvalue weighted by Crippen LogP contribution is -2.30. The number of aromatic nitrogens is 4. The van der Waals surface area contributed by atoms with Gasteiger partial charge in [-0.25, -0.2) is 4.98 Å². The summed E-state index contributed by atoms with van der Waals surface area (Å²) in [5.41, 5.74) is 7.93. The SMILES string of the molecule is Cc1cccc2c1nc(-c1ccc(-c3ccc4[nH]ncc4c3)cc1)n2C[C@@H]1CCN(C(=O)C2CC2)C1. The number of nitrogens with one attached hydrogen (secondary N) is 1. The number of aromatic amines is 1. The second-order valence-electron chi connectivity index (χ2n) is 10.5. The number of hydrogen-bond donors (Lipinski definition) is 1. The van der Waals surface area contributed by atoms with Gasteiger partial charge in [0.05, 0.1) is 22.7 Å². The van der Waals surface area contributed by atoms with Gasteiger partial charge in [-0.2, -0.15) is 5.10 Å². The van der Waals surface area contributed by atoms with E-state index >= 15 is 0 Å². The lowest BCUT2D eigenvalue weighted by molar-refractivity contribution is -0.131. The highest BCUT2D eigenvalue weighted by molar-refractivity contribution is 5.86. The number of imidazole rings is 1. The fourth-order valence-corrected chi connectivity index (χ4v) is 5.65. The number of nitrogens with zero attached hydrogens (tertiary/aromatic N) is 4. The molecule has 3 heterocycles. The van der Waals surface area contributed by atoms with Crippen molar-refractivity contribution in [2.24, 2.45) is 11.8 Å². The van der Waals surface area contributed by atoms with E-state index in [4.69, 9.17) is 4.98 Å². The van der Waals surface area contributed by atoms with E-state index in [1.54, 1.807) is 0 Å². The quantitative estimate of drug-likeness (QED) is 0.349. The van der Waals surface area contributed by atoms with Crippen molar-refractivity contribution < 1.29 is 4.79 Å². The molecule has 0 bridgehead atoms. The van der Waals surface area contributed by atoms with Crippen LogP contribution in [-0.4, -0.2) is 43.6 Å². The second-order valence-corrected chi connectivity index (χ2v) is 10.5. The summed E-state index contributed by atoms with van der Waals surface area (Å²) in [4.78, 5) is 19.8. The number of H-pyrrole nitrogens is 1. The summed E-state index contributed by atoms with van der Waals surface area (Å²) in [6.45, 7) is 4.75. The van der Waals surface area contributed by atoms with Gasteiger partial charge in [-0.3, -0.25) is 9.89 Å². The van der Waals surface area contributed by atoms with Gasteiger partial charge in [0.1, 0.15) is 5.82 Å². The molecule has 1 aliphatic carbocycles. The number of fused-ring (bicyclic) bond motifs is 2. The van der Waals surface area contributed by atoms with Crippen molar-refractivity contribution in [3.05, 3.63) is 72.4 Å². The first-order valence-electron chi connectivity index (χ1n) is 12.9. The minimum absolute atomic E-state index is 0.295. The molecular weight excluding hydrogens is 446 g/mol. The van der Waals surface area contributed by atoms with Crippen molar-refractivity contribution in [1.29, 1.82) is 0 Å². The molecular formula is C30H29N5O. The van der Waals surface area contributed by atoms with E-state index in [1.165, 1.54) is 22.2 Å². The molecule has 6 nitrogen and oxygen atoms in total. The first-order chi connectivity index (χ1) is 17.6. The first kappa shape index (κ1) is 21.4. The number of benzene rings is 3. The third kappa shape index (κ3) is 3.68. The van der Waals surface area contributed by atoms with E-state index < -0.39 is 0 Å². The van der Waals surface area contributed by atoms with Crippen molar-refractivity contribution in [1.82, 2.24) is 24.6 Å². The van der Waals surface area contributed by atoms with E-state index in [0.29, 0.717) is 17.7 Å². The summed E-state index contributed by atoms with van der Waals surface area (Å²) in [6, 6.07) is 21.5. The number of aryl methyl sites for hydroxylation is 1. The first-order valence-corrected chi connectivity index (χ1v) is 12.9. The van der Waals surface area contributed by atoms with Gasteiger partial charge in [0.15, 0.2) is 0 Å². The predicted molar refractivity (Wildman–Crippen MR) is 142 cm³/mol. The highest BCUT2D eigenvalue weighted by atomic mass is 16.2. The van der Waals surface area contributed by atoms with Crippen LogP contribution in [-0.2, 0) is 11.3 Å². The molecule has 1 amide bonds. The average Bonchev–Trinajstić information content (AvgIpc) is 3.30. The molecule has 5 aromatic rings. The molecule has 6 heteroatoms. The number of rotatable bonds is 5. The summed E-state index contributed by atoms with van der Waals surface area (Å²) >= 11 is 0. The molecule has 3 aromatic carbocycles. The van der Waals surface area contributed by atoms with Crippen molar-refractivity contribution in [3.8, 4) is 22.5 Å². The lowest BCUT2D eigenvalue weighted by Gasteiger charge is -2.18. The smallest absolute Gasteiger partial charge is 0.225 e. The van der Waals surface area contributed by atoms with E-state index in [-0.39, 0.29) is 0 Å². The van der Waals surface area contributed by atoms with Crippen LogP contribution in [0.25, 0.3) is 44.5 Å². The van der Waals surface area contributed by atoms with Crippen molar-refractivity contribution >= 4 is 27.8 Å². The highest BCUT2D eigenvalue weighted by Gasteiger charge is 2.36. The molecule has 1 saturated carbocycles. The number of carbonyl (C=O) groups is 1. The highest BCUT2D eigenvalue weighted by Crippen LogP contribution is 2.35. The fourth-order valence-electron chi connectivity index (χ4n) is 5.65. The van der Waals surface area contributed by atoms with Gasteiger partial charge < -0.3 is 9.47 Å². The maximum absolute atomic E-state index is 12.6. The summed E-state index contributed by atoms with van der Waals surface area (Å²) in [5.74, 6) is 2.12. The average molecular weight is 476 g/mol. The minimum Gasteiger partial charge on any atom is -0.342 e. The van der Waals surface area contributed by atoms with Gasteiger partial charge in [-0.15, -0.1) is 0 Å². The maximum Gasteiger partial charge on any atom is 0.225 e. The molecule has 0 spiro atoms. The Morgan fingerprint density at radius 3 is 2.64 bits per heavy atom. The molecule has 2 aromatic heterocycles. The normalized spacial score (nSPS) is 17.9. The van der Waals surface area contributed by atoms with E-state index in [2.05, 4.69) is 87.3 Å². The molecule has 1 aliphatic heterocycles. The number of carbonyl (C=O) groups excluding carboxylic acids is 1. The van der Waals surface area contributed by atoms with E-state index in [9.17, 15) is 4.79 Å². The van der Waals surface area contributed by atoms with Crippen LogP contribution in [0.15, 0.2) is 66.9 Å². The Morgan fingerprint density at radius 1 is 1.00 bits per heavy atom. The number of para-hydroxylation sites is 1. The van der Waals surface area contributed by atoms with Crippen molar-refractivity contribution in [2.75, 3.05) is 13.1 Å². The third-order valence-corrected chi connectivity index (χ3v) is 7.86. The van der Waals surface area contributed by atoms with Crippen LogP contribution in [0.3, 0.4) is 0 Å². The van der Waals surface area contributed by atoms with E-state index in [1.807, 2.05) is 6.20 Å². The Bertz CT molecular complexity index is 1590. The molecule has 0 unspecified atom stereocenters. The summed E-state index contributed by atoms with van der Waals surface area (Å²) < 4.78 is 2.38. The number of likely N-dealkylation sites (tertiary alicyclic amines) is 1. The zero-order chi connectivity index (χ0) is 24.2. The zero-order valence-corrected chi connectivity index (χ0v) is 20.4. The van der Waals surface area contributed by atoms with Gasteiger partial charge in [0.25, 0.3) is 0 Å². The topological polar surface area (TPSA) is 66.8 Å². The molecule has 36 heavy (non-hydrogen) atoms. The summed E-state index contributed by atoms with van der Waals surface area (Å²) in [7, 11) is 0. The monoisotopic (exact) mass is 475 g/mol. The number of hydrogen-bond acceptors (Lipinski definition) is 3. The van der Waals surface area contributed by atoms with E-state index in [0.717, 1.165) is 66.7 Å². The fraction of sp³-hybridized carbons (Fsp3) is 0.300. The summed E-state index contributed by atoms with van der Waals surface area (Å²) in [6.07, 6.45) is 5.06. The van der Waals surface area contributed by atoms with Crippen LogP contribution in [0.5, 0.6) is 0 Å². The standard InChI is InChI=1S/C30H29N5O/c1-19-3-2-4-27-28(19)32-29(35(27)18-20-13-14-34(17-20)30(36)23-9-10-23)22-7-5-21(6-8-22)24-11-12-26-25(15-24)16-31-33-26/h2-8,11-12,15-16,20,23H,9-10,13-14,17-18H2,1H3,(H,31,33)/t20-/m1/s1. The maximum atomic E-state index is 12.6. The third-order valence-electron chi connectivity index (χ3n) is 7.86. The van der Waals surface area contributed by atoms with Crippen molar-refractivity contribution in [2.45, 2.75) is 32.7 Å². The molecule has 1 saturated heterocycles. The molecule has 7 rings (SSSR count). The Balaban J connectivity index is 1.22. The van der Waals surface area contributed by atoms with Gasteiger partial charge in [-0.05, 0) is 67.0 Å². The largest absolute Gasteiger partial charge is 0.342 e. The Labute approximate surface area is 210 Å². The van der Waals surface area contributed by atoms with Crippen LogP contribution in [0.2, 0.25) is 0 Å². The molecule has 2 aliphatic rings. The Kier molecular flexibility index (Phi) is 4.94. The summed E-state index contributed by atoms with van der Waals surface area (Å²) in [5, 5.41) is 8.26. The number of amides is 1. The van der Waals surface area contributed by atoms with Gasteiger partial charge in [0.2, 0.25) is 5.91 Å². The van der Waals surface area contributed by atoms with Crippen LogP contribution in [0.4, 0.5) is 0 Å². The Hall–Kier alpha value is -3.93. The predicted octanol–water partition coefficient (Wildman–Crippen LogP) is 5.81. The van der Waals surface area contributed by atoms with Crippen LogP contribution >= 0.6 is 0 Å². The zero-order valence-electron chi connectivity index (χ0n) is 20.4. The van der Waals surface area contributed by atoms with Crippen LogP contribution in [0, 0.1) is 18.8 Å². The second kappa shape index (κ2) is 8.33. The molecule has 180 valence electrons. The minimum atomic E-state index is 0.295. The Morgan fingerprint density at radius 2 is 1.81 bits per heavy atom. The van der Waals surface area contributed by atoms with Crippen LogP contribution < -0.4 is 0 Å².